The van der Waals surface area contributed by atoms with Crippen LogP contribution in [0.4, 0.5) is 0 Å². The van der Waals surface area contributed by atoms with Crippen LogP contribution in [0.3, 0.4) is 0 Å². The molecule has 1 aliphatic heterocycles. The summed E-state index contributed by atoms with van der Waals surface area (Å²) in [6, 6.07) is 0.794. The van der Waals surface area contributed by atoms with Gasteiger partial charge in [0.2, 0.25) is 5.91 Å². The van der Waals surface area contributed by atoms with Crippen LogP contribution in [0.15, 0.2) is 0 Å². The van der Waals surface area contributed by atoms with Crippen LogP contribution in [0.25, 0.3) is 0 Å². The third kappa shape index (κ3) is 2.71. The van der Waals surface area contributed by atoms with Gasteiger partial charge in [-0.2, -0.15) is 0 Å². The van der Waals surface area contributed by atoms with Crippen molar-refractivity contribution < 1.29 is 4.79 Å². The second-order valence-electron chi connectivity index (χ2n) is 4.66. The number of carbonyl (C=O) groups is 1. The van der Waals surface area contributed by atoms with E-state index >= 15 is 0 Å². The first-order valence-corrected chi connectivity index (χ1v) is 5.74. The number of hydrogen-bond acceptors (Lipinski definition) is 2. The molecule has 0 radical (unpaired) electrons. The lowest BCUT2D eigenvalue weighted by Gasteiger charge is -2.32. The third-order valence-corrected chi connectivity index (χ3v) is 3.24. The van der Waals surface area contributed by atoms with Gasteiger partial charge in [-0.25, -0.2) is 0 Å². The van der Waals surface area contributed by atoms with Crippen molar-refractivity contribution in [1.29, 1.82) is 0 Å². The summed E-state index contributed by atoms with van der Waals surface area (Å²) in [7, 11) is 0. The molecule has 1 saturated heterocycles. The van der Waals surface area contributed by atoms with Crippen molar-refractivity contribution in [3.63, 3.8) is 0 Å². The fourth-order valence-corrected chi connectivity index (χ4v) is 2.14. The highest BCUT2D eigenvalue weighted by Gasteiger charge is 2.25. The molecule has 0 aromatic rings. The average molecular weight is 196 g/mol. The largest absolute Gasteiger partial charge is 0.343 e. The molecule has 14 heavy (non-hydrogen) atoms. The quantitative estimate of drug-likeness (QED) is 0.730. The zero-order valence-electron chi connectivity index (χ0n) is 8.96. The normalized spacial score (nSPS) is 27.8. The Kier molecular flexibility index (Phi) is 3.06. The lowest BCUT2D eigenvalue weighted by Crippen LogP contribution is -2.42. The molecule has 0 unspecified atom stereocenters. The molecule has 0 aromatic carbocycles. The maximum absolute atomic E-state index is 11.2. The topological polar surface area (TPSA) is 32.3 Å². The van der Waals surface area contributed by atoms with E-state index in [1.807, 2.05) is 4.90 Å². The van der Waals surface area contributed by atoms with Crippen molar-refractivity contribution in [3.05, 3.63) is 0 Å². The van der Waals surface area contributed by atoms with E-state index in [2.05, 4.69) is 5.32 Å². The molecule has 3 nitrogen and oxygen atoms in total. The summed E-state index contributed by atoms with van der Waals surface area (Å²) in [6.07, 6.45) is 5.16. The Morgan fingerprint density at radius 2 is 2.21 bits per heavy atom. The second kappa shape index (κ2) is 4.30. The van der Waals surface area contributed by atoms with Crippen LogP contribution in [0.5, 0.6) is 0 Å². The van der Waals surface area contributed by atoms with E-state index in [0.717, 1.165) is 25.7 Å². The van der Waals surface area contributed by atoms with Gasteiger partial charge in [-0.1, -0.05) is 0 Å². The number of nitrogens with zero attached hydrogens (tertiary/aromatic N) is 1. The lowest BCUT2D eigenvalue weighted by molar-refractivity contribution is -0.130. The SMILES string of the molecule is CC(=O)N1CCC[C@@H](CNC2CC2)C1. The van der Waals surface area contributed by atoms with Gasteiger partial charge in [0, 0.05) is 26.1 Å². The molecule has 1 N–H and O–H groups in total. The number of carbonyl (C=O) groups excluding carboxylic acids is 1. The van der Waals surface area contributed by atoms with Gasteiger partial charge < -0.3 is 10.2 Å². The van der Waals surface area contributed by atoms with E-state index < -0.39 is 0 Å². The zero-order chi connectivity index (χ0) is 9.97. The summed E-state index contributed by atoms with van der Waals surface area (Å²) in [6.45, 7) is 4.72. The first-order valence-electron chi connectivity index (χ1n) is 5.74. The molecule has 2 fully saturated rings. The minimum atomic E-state index is 0.237. The maximum Gasteiger partial charge on any atom is 0.219 e. The molecule has 1 heterocycles. The molecule has 2 rings (SSSR count). The predicted molar refractivity (Wildman–Crippen MR) is 56.0 cm³/mol. The van der Waals surface area contributed by atoms with Crippen LogP contribution >= 0.6 is 0 Å². The van der Waals surface area contributed by atoms with Crippen molar-refractivity contribution in [2.24, 2.45) is 5.92 Å². The van der Waals surface area contributed by atoms with Crippen LogP contribution in [0, 0.1) is 5.92 Å². The van der Waals surface area contributed by atoms with Crippen molar-refractivity contribution in [2.45, 2.75) is 38.6 Å². The summed E-state index contributed by atoms with van der Waals surface area (Å²) >= 11 is 0. The Morgan fingerprint density at radius 1 is 1.43 bits per heavy atom. The van der Waals surface area contributed by atoms with Gasteiger partial charge in [-0.05, 0) is 38.1 Å². The third-order valence-electron chi connectivity index (χ3n) is 3.24. The van der Waals surface area contributed by atoms with Gasteiger partial charge in [0.15, 0.2) is 0 Å². The highest BCUT2D eigenvalue weighted by Crippen LogP contribution is 2.21. The first kappa shape index (κ1) is 9.97. The molecule has 3 heteroatoms. The van der Waals surface area contributed by atoms with Crippen LogP contribution in [0.2, 0.25) is 0 Å². The van der Waals surface area contributed by atoms with Gasteiger partial charge in [0.1, 0.15) is 0 Å². The van der Waals surface area contributed by atoms with Crippen molar-refractivity contribution >= 4 is 5.91 Å². The fourth-order valence-electron chi connectivity index (χ4n) is 2.14. The van der Waals surface area contributed by atoms with E-state index in [0.29, 0.717) is 5.92 Å². The zero-order valence-corrected chi connectivity index (χ0v) is 8.96. The van der Waals surface area contributed by atoms with Gasteiger partial charge in [0.25, 0.3) is 0 Å². The summed E-state index contributed by atoms with van der Waals surface area (Å²) in [4.78, 5) is 13.2. The smallest absolute Gasteiger partial charge is 0.219 e. The summed E-state index contributed by atoms with van der Waals surface area (Å²) < 4.78 is 0. The maximum atomic E-state index is 11.2. The molecule has 1 saturated carbocycles. The van der Waals surface area contributed by atoms with Crippen LogP contribution in [-0.4, -0.2) is 36.5 Å². The number of piperidine rings is 1. The Balaban J connectivity index is 1.72. The standard InChI is InChI=1S/C11H20N2O/c1-9(14)13-6-2-3-10(8-13)7-12-11-4-5-11/h10-12H,2-8H2,1H3/t10-/m0/s1. The number of likely N-dealkylation sites (tertiary alicyclic amines) is 1. The monoisotopic (exact) mass is 196 g/mol. The highest BCUT2D eigenvalue weighted by molar-refractivity contribution is 5.73. The lowest BCUT2D eigenvalue weighted by atomic mass is 9.98. The van der Waals surface area contributed by atoms with Crippen LogP contribution in [0.1, 0.15) is 32.6 Å². The van der Waals surface area contributed by atoms with Gasteiger partial charge >= 0.3 is 0 Å². The summed E-state index contributed by atoms with van der Waals surface area (Å²) in [5, 5.41) is 3.55. The second-order valence-corrected chi connectivity index (χ2v) is 4.66. The van der Waals surface area contributed by atoms with E-state index in [4.69, 9.17) is 0 Å². The molecule has 2 aliphatic rings. The molecular weight excluding hydrogens is 176 g/mol. The molecule has 1 amide bonds. The summed E-state index contributed by atoms with van der Waals surface area (Å²) in [5.41, 5.74) is 0. The molecule has 1 atom stereocenters. The number of hydrogen-bond donors (Lipinski definition) is 1. The number of rotatable bonds is 3. The molecular formula is C11H20N2O. The predicted octanol–water partition coefficient (Wildman–Crippen LogP) is 0.997. The highest BCUT2D eigenvalue weighted by atomic mass is 16.2. The number of amides is 1. The molecule has 1 aliphatic carbocycles. The first-order chi connectivity index (χ1) is 6.75. The van der Waals surface area contributed by atoms with Crippen molar-refractivity contribution in [2.75, 3.05) is 19.6 Å². The van der Waals surface area contributed by atoms with E-state index in [1.54, 1.807) is 6.92 Å². The van der Waals surface area contributed by atoms with E-state index in [9.17, 15) is 4.79 Å². The van der Waals surface area contributed by atoms with Crippen LogP contribution < -0.4 is 5.32 Å². The molecule has 0 aromatic heterocycles. The molecule has 0 spiro atoms. The van der Waals surface area contributed by atoms with Crippen molar-refractivity contribution in [3.8, 4) is 0 Å². The summed E-state index contributed by atoms with van der Waals surface area (Å²) in [5.74, 6) is 0.925. The Labute approximate surface area is 85.8 Å². The Bertz CT molecular complexity index is 213. The van der Waals surface area contributed by atoms with E-state index in [1.165, 1.54) is 25.7 Å². The number of nitrogens with one attached hydrogen (secondary N) is 1. The van der Waals surface area contributed by atoms with Crippen molar-refractivity contribution in [1.82, 2.24) is 10.2 Å². The van der Waals surface area contributed by atoms with Gasteiger partial charge in [0.05, 0.1) is 0 Å². The molecule has 80 valence electrons. The van der Waals surface area contributed by atoms with Gasteiger partial charge in [-0.3, -0.25) is 4.79 Å². The van der Waals surface area contributed by atoms with Crippen LogP contribution in [-0.2, 0) is 4.79 Å². The van der Waals surface area contributed by atoms with E-state index in [-0.39, 0.29) is 5.91 Å². The average Bonchev–Trinajstić information content (AvgIpc) is 2.99. The Hall–Kier alpha value is -0.570. The Morgan fingerprint density at radius 3 is 2.86 bits per heavy atom. The molecule has 0 bridgehead atoms. The van der Waals surface area contributed by atoms with Gasteiger partial charge in [-0.15, -0.1) is 0 Å². The minimum absolute atomic E-state index is 0.237. The minimum Gasteiger partial charge on any atom is -0.343 e. The fraction of sp³-hybridized carbons (Fsp3) is 0.909.